The third-order valence-electron chi connectivity index (χ3n) is 1.91. The third-order valence-corrected chi connectivity index (χ3v) is 2.83. The second-order valence-electron chi connectivity index (χ2n) is 3.20. The topological polar surface area (TPSA) is 51.0 Å². The van der Waals surface area contributed by atoms with Crippen LogP contribution in [0.1, 0.15) is 5.82 Å². The van der Waals surface area contributed by atoms with E-state index in [-0.39, 0.29) is 0 Å². The summed E-state index contributed by atoms with van der Waals surface area (Å²) in [6.45, 7) is 0.596. The smallest absolute Gasteiger partial charge is 0.258 e. The van der Waals surface area contributed by atoms with Crippen LogP contribution in [-0.4, -0.2) is 17.2 Å². The molecule has 84 valence electrons. The van der Waals surface area contributed by atoms with Crippen LogP contribution in [0.4, 0.5) is 0 Å². The van der Waals surface area contributed by atoms with Crippen LogP contribution >= 0.6 is 31.9 Å². The Morgan fingerprint density at radius 3 is 2.56 bits per heavy atom. The van der Waals surface area contributed by atoms with Crippen molar-refractivity contribution in [3.63, 3.8) is 0 Å². The van der Waals surface area contributed by atoms with E-state index in [9.17, 15) is 0 Å². The monoisotopic (exact) mass is 345 g/mol. The van der Waals surface area contributed by atoms with Gasteiger partial charge in [0.25, 0.3) is 5.89 Å². The number of nitrogens with zero attached hydrogens (tertiary/aromatic N) is 2. The lowest BCUT2D eigenvalue weighted by Crippen LogP contribution is -2.06. The van der Waals surface area contributed by atoms with E-state index in [4.69, 9.17) is 4.52 Å². The van der Waals surface area contributed by atoms with Gasteiger partial charge in [-0.2, -0.15) is 4.98 Å². The molecule has 0 amide bonds. The molecule has 16 heavy (non-hydrogen) atoms. The van der Waals surface area contributed by atoms with Crippen LogP contribution in [0.3, 0.4) is 0 Å². The van der Waals surface area contributed by atoms with Gasteiger partial charge < -0.3 is 9.84 Å². The Labute approximate surface area is 110 Å². The zero-order valence-electron chi connectivity index (χ0n) is 8.50. The average molecular weight is 347 g/mol. The van der Waals surface area contributed by atoms with Crippen LogP contribution in [0.15, 0.2) is 31.7 Å². The number of aromatic nitrogens is 2. The summed E-state index contributed by atoms with van der Waals surface area (Å²) in [7, 11) is 1.84. The van der Waals surface area contributed by atoms with Gasteiger partial charge in [-0.25, -0.2) is 0 Å². The molecule has 6 heteroatoms. The summed E-state index contributed by atoms with van der Waals surface area (Å²) in [5, 5.41) is 6.83. The Kier molecular flexibility index (Phi) is 3.73. The standard InChI is InChI=1S/C10H9Br2N3O/c1-13-5-9-14-10(16-15-9)6-2-7(11)4-8(12)3-6/h2-4,13H,5H2,1H3. The fourth-order valence-electron chi connectivity index (χ4n) is 1.28. The average Bonchev–Trinajstić information content (AvgIpc) is 2.65. The second-order valence-corrected chi connectivity index (χ2v) is 5.04. The van der Waals surface area contributed by atoms with Crippen molar-refractivity contribution in [1.29, 1.82) is 0 Å². The molecule has 1 aromatic carbocycles. The number of benzene rings is 1. The molecular formula is C10H9Br2N3O. The molecule has 1 heterocycles. The lowest BCUT2D eigenvalue weighted by atomic mass is 10.2. The van der Waals surface area contributed by atoms with Crippen molar-refractivity contribution in [1.82, 2.24) is 15.5 Å². The minimum absolute atomic E-state index is 0.521. The highest BCUT2D eigenvalue weighted by Crippen LogP contribution is 2.26. The summed E-state index contributed by atoms with van der Waals surface area (Å²) in [5.74, 6) is 1.17. The maximum atomic E-state index is 5.17. The third kappa shape index (κ3) is 2.69. The number of halogens is 2. The number of hydrogen-bond acceptors (Lipinski definition) is 4. The van der Waals surface area contributed by atoms with Gasteiger partial charge in [0, 0.05) is 14.5 Å². The summed E-state index contributed by atoms with van der Waals surface area (Å²) in [6, 6.07) is 5.82. The van der Waals surface area contributed by atoms with Crippen molar-refractivity contribution in [2.24, 2.45) is 0 Å². The van der Waals surface area contributed by atoms with Crippen LogP contribution in [-0.2, 0) is 6.54 Å². The minimum Gasteiger partial charge on any atom is -0.334 e. The van der Waals surface area contributed by atoms with Crippen LogP contribution in [0, 0.1) is 0 Å². The summed E-state index contributed by atoms with van der Waals surface area (Å²) in [4.78, 5) is 4.27. The first kappa shape index (κ1) is 11.8. The molecule has 1 N–H and O–H groups in total. The first-order valence-electron chi connectivity index (χ1n) is 4.62. The maximum absolute atomic E-state index is 5.17. The maximum Gasteiger partial charge on any atom is 0.258 e. The molecule has 0 saturated carbocycles. The fraction of sp³-hybridized carbons (Fsp3) is 0.200. The minimum atomic E-state index is 0.521. The van der Waals surface area contributed by atoms with E-state index < -0.39 is 0 Å². The zero-order chi connectivity index (χ0) is 11.5. The summed E-state index contributed by atoms with van der Waals surface area (Å²) < 4.78 is 7.10. The molecule has 2 aromatic rings. The lowest BCUT2D eigenvalue weighted by Gasteiger charge is -1.97. The Hall–Kier alpha value is -0.720. The van der Waals surface area contributed by atoms with Crippen molar-refractivity contribution in [3.05, 3.63) is 33.0 Å². The van der Waals surface area contributed by atoms with Crippen molar-refractivity contribution < 1.29 is 4.52 Å². The van der Waals surface area contributed by atoms with Gasteiger partial charge in [-0.1, -0.05) is 37.0 Å². The van der Waals surface area contributed by atoms with Gasteiger partial charge in [0.05, 0.1) is 6.54 Å². The van der Waals surface area contributed by atoms with E-state index in [1.807, 2.05) is 25.2 Å². The zero-order valence-corrected chi connectivity index (χ0v) is 11.7. The quantitative estimate of drug-likeness (QED) is 0.928. The normalized spacial score (nSPS) is 10.7. The molecule has 4 nitrogen and oxygen atoms in total. The molecule has 0 unspecified atom stereocenters. The Bertz CT molecular complexity index is 478. The molecule has 0 saturated heterocycles. The van der Waals surface area contributed by atoms with Gasteiger partial charge >= 0.3 is 0 Å². The van der Waals surface area contributed by atoms with E-state index in [2.05, 4.69) is 47.3 Å². The summed E-state index contributed by atoms with van der Waals surface area (Å²) >= 11 is 6.83. The first-order chi connectivity index (χ1) is 7.69. The van der Waals surface area contributed by atoms with Crippen LogP contribution in [0.25, 0.3) is 11.5 Å². The highest BCUT2D eigenvalue weighted by Gasteiger charge is 2.09. The molecule has 0 atom stereocenters. The summed E-state index contributed by atoms with van der Waals surface area (Å²) in [6.07, 6.45) is 0. The second kappa shape index (κ2) is 5.07. The first-order valence-corrected chi connectivity index (χ1v) is 6.21. The van der Waals surface area contributed by atoms with Gasteiger partial charge in [0.1, 0.15) is 0 Å². The van der Waals surface area contributed by atoms with Crippen molar-refractivity contribution >= 4 is 31.9 Å². The molecule has 0 fully saturated rings. The SMILES string of the molecule is CNCc1noc(-c2cc(Br)cc(Br)c2)n1. The van der Waals surface area contributed by atoms with Crippen LogP contribution in [0.2, 0.25) is 0 Å². The predicted molar refractivity (Wildman–Crippen MR) is 67.9 cm³/mol. The molecular weight excluding hydrogens is 338 g/mol. The van der Waals surface area contributed by atoms with Gasteiger partial charge in [-0.05, 0) is 25.2 Å². The highest BCUT2D eigenvalue weighted by molar-refractivity contribution is 9.11. The Morgan fingerprint density at radius 1 is 1.25 bits per heavy atom. The Balaban J connectivity index is 2.34. The molecule has 0 radical (unpaired) electrons. The van der Waals surface area contributed by atoms with Gasteiger partial charge in [0.15, 0.2) is 5.82 Å². The molecule has 0 aliphatic rings. The number of rotatable bonds is 3. The van der Waals surface area contributed by atoms with E-state index in [0.717, 1.165) is 14.5 Å². The lowest BCUT2D eigenvalue weighted by molar-refractivity contribution is 0.420. The molecule has 0 aliphatic heterocycles. The molecule has 2 rings (SSSR count). The van der Waals surface area contributed by atoms with Gasteiger partial charge in [0.2, 0.25) is 0 Å². The van der Waals surface area contributed by atoms with E-state index in [1.54, 1.807) is 0 Å². The summed E-state index contributed by atoms with van der Waals surface area (Å²) in [5.41, 5.74) is 0.885. The largest absolute Gasteiger partial charge is 0.334 e. The number of nitrogens with one attached hydrogen (secondary N) is 1. The van der Waals surface area contributed by atoms with Gasteiger partial charge in [-0.15, -0.1) is 0 Å². The van der Waals surface area contributed by atoms with Crippen LogP contribution < -0.4 is 5.32 Å². The van der Waals surface area contributed by atoms with Gasteiger partial charge in [-0.3, -0.25) is 0 Å². The van der Waals surface area contributed by atoms with E-state index in [0.29, 0.717) is 18.3 Å². The van der Waals surface area contributed by atoms with E-state index in [1.165, 1.54) is 0 Å². The van der Waals surface area contributed by atoms with Crippen molar-refractivity contribution in [3.8, 4) is 11.5 Å². The molecule has 1 aromatic heterocycles. The fourth-order valence-corrected chi connectivity index (χ4v) is 2.57. The molecule has 0 spiro atoms. The molecule has 0 bridgehead atoms. The van der Waals surface area contributed by atoms with Crippen molar-refractivity contribution in [2.75, 3.05) is 7.05 Å². The predicted octanol–water partition coefficient (Wildman–Crippen LogP) is 2.98. The molecule has 0 aliphatic carbocycles. The van der Waals surface area contributed by atoms with Crippen LogP contribution in [0.5, 0.6) is 0 Å². The van der Waals surface area contributed by atoms with Crippen molar-refractivity contribution in [2.45, 2.75) is 6.54 Å². The highest BCUT2D eigenvalue weighted by atomic mass is 79.9. The Morgan fingerprint density at radius 2 is 1.94 bits per heavy atom. The number of hydrogen-bond donors (Lipinski definition) is 1. The van der Waals surface area contributed by atoms with E-state index >= 15 is 0 Å².